The fourth-order valence-electron chi connectivity index (χ4n) is 1.73. The van der Waals surface area contributed by atoms with Crippen LogP contribution < -0.4 is 5.32 Å². The van der Waals surface area contributed by atoms with Crippen LogP contribution in [0.3, 0.4) is 0 Å². The molecule has 20 heavy (non-hydrogen) atoms. The quantitative estimate of drug-likeness (QED) is 0.907. The van der Waals surface area contributed by atoms with E-state index in [9.17, 15) is 9.59 Å². The highest BCUT2D eigenvalue weighted by molar-refractivity contribution is 6.31. The van der Waals surface area contributed by atoms with Crippen molar-refractivity contribution in [3.8, 4) is 0 Å². The monoisotopic (exact) mass is 289 g/mol. The smallest absolute Gasteiger partial charge is 0.335 e. The Morgan fingerprint density at radius 1 is 1.10 bits per heavy atom. The molecule has 2 N–H and O–H groups in total. The summed E-state index contributed by atoms with van der Waals surface area (Å²) in [6.07, 6.45) is 0. The number of carbonyl (C=O) groups is 2. The molecule has 2 aromatic carbocycles. The number of hydrogen-bond donors (Lipinski definition) is 2. The molecule has 2 aromatic rings. The Kier molecular flexibility index (Phi) is 4.05. The van der Waals surface area contributed by atoms with Crippen molar-refractivity contribution in [3.05, 3.63) is 64.2 Å². The highest BCUT2D eigenvalue weighted by Gasteiger charge is 2.11. The van der Waals surface area contributed by atoms with Crippen LogP contribution in [0.25, 0.3) is 0 Å². The van der Waals surface area contributed by atoms with E-state index in [2.05, 4.69) is 5.32 Å². The standard InChI is InChI=1S/C15H12ClNO3/c1-9-12(16)6-3-7-13(9)17-14(18)10-4-2-5-11(8-10)15(19)20/h2-8H,1H3,(H,17,18)(H,19,20). The number of carbonyl (C=O) groups excluding carboxylic acids is 1. The second kappa shape index (κ2) is 5.75. The second-order valence-electron chi connectivity index (χ2n) is 4.25. The minimum atomic E-state index is -1.07. The van der Waals surface area contributed by atoms with Crippen LogP contribution >= 0.6 is 11.6 Å². The first-order valence-electron chi connectivity index (χ1n) is 5.89. The summed E-state index contributed by atoms with van der Waals surface area (Å²) in [6.45, 7) is 1.80. The average molecular weight is 290 g/mol. The third kappa shape index (κ3) is 2.97. The summed E-state index contributed by atoms with van der Waals surface area (Å²) in [4.78, 5) is 23.0. The molecular formula is C15H12ClNO3. The first-order chi connectivity index (χ1) is 9.49. The van der Waals surface area contributed by atoms with Crippen LogP contribution in [-0.2, 0) is 0 Å². The lowest BCUT2D eigenvalue weighted by Crippen LogP contribution is -2.13. The molecule has 2 rings (SSSR count). The molecule has 0 bridgehead atoms. The first kappa shape index (κ1) is 14.1. The van der Waals surface area contributed by atoms with Gasteiger partial charge in [-0.1, -0.05) is 23.7 Å². The molecule has 5 heteroatoms. The van der Waals surface area contributed by atoms with E-state index in [-0.39, 0.29) is 17.0 Å². The number of benzene rings is 2. The predicted molar refractivity (Wildman–Crippen MR) is 77.5 cm³/mol. The molecular weight excluding hydrogens is 278 g/mol. The summed E-state index contributed by atoms with van der Waals surface area (Å²) in [7, 11) is 0. The zero-order valence-corrected chi connectivity index (χ0v) is 11.4. The van der Waals surface area contributed by atoms with Gasteiger partial charge in [0.25, 0.3) is 5.91 Å². The SMILES string of the molecule is Cc1c(Cl)cccc1NC(=O)c1cccc(C(=O)O)c1. The van der Waals surface area contributed by atoms with Crippen LogP contribution in [0.15, 0.2) is 42.5 Å². The maximum Gasteiger partial charge on any atom is 0.335 e. The average Bonchev–Trinajstić information content (AvgIpc) is 2.44. The van der Waals surface area contributed by atoms with Gasteiger partial charge < -0.3 is 10.4 Å². The number of nitrogens with one attached hydrogen (secondary N) is 1. The van der Waals surface area contributed by atoms with Crippen LogP contribution in [0.2, 0.25) is 5.02 Å². The molecule has 0 fully saturated rings. The van der Waals surface area contributed by atoms with Gasteiger partial charge in [-0.15, -0.1) is 0 Å². The molecule has 0 aliphatic carbocycles. The van der Waals surface area contributed by atoms with Crippen LogP contribution in [-0.4, -0.2) is 17.0 Å². The molecule has 0 saturated carbocycles. The molecule has 0 aliphatic rings. The van der Waals surface area contributed by atoms with Crippen molar-refractivity contribution < 1.29 is 14.7 Å². The zero-order chi connectivity index (χ0) is 14.7. The van der Waals surface area contributed by atoms with E-state index in [1.807, 2.05) is 0 Å². The van der Waals surface area contributed by atoms with Crippen molar-refractivity contribution in [2.45, 2.75) is 6.92 Å². The van der Waals surface area contributed by atoms with Gasteiger partial charge >= 0.3 is 5.97 Å². The Morgan fingerprint density at radius 2 is 1.75 bits per heavy atom. The molecule has 0 aliphatic heterocycles. The van der Waals surface area contributed by atoms with Gasteiger partial charge in [-0.05, 0) is 42.8 Å². The van der Waals surface area contributed by atoms with E-state index >= 15 is 0 Å². The maximum absolute atomic E-state index is 12.1. The Labute approximate surface area is 121 Å². The lowest BCUT2D eigenvalue weighted by molar-refractivity contribution is 0.0697. The van der Waals surface area contributed by atoms with Gasteiger partial charge in [-0.3, -0.25) is 4.79 Å². The topological polar surface area (TPSA) is 66.4 Å². The fraction of sp³-hybridized carbons (Fsp3) is 0.0667. The van der Waals surface area contributed by atoms with E-state index < -0.39 is 5.97 Å². The molecule has 4 nitrogen and oxygen atoms in total. The zero-order valence-electron chi connectivity index (χ0n) is 10.7. The second-order valence-corrected chi connectivity index (χ2v) is 4.66. The van der Waals surface area contributed by atoms with Crippen LogP contribution in [0.5, 0.6) is 0 Å². The summed E-state index contributed by atoms with van der Waals surface area (Å²) < 4.78 is 0. The summed E-state index contributed by atoms with van der Waals surface area (Å²) >= 11 is 5.98. The molecule has 0 saturated heterocycles. The molecule has 0 aromatic heterocycles. The highest BCUT2D eigenvalue weighted by Crippen LogP contribution is 2.23. The molecule has 0 unspecified atom stereocenters. The number of aromatic carboxylic acids is 1. The molecule has 102 valence electrons. The summed E-state index contributed by atoms with van der Waals surface area (Å²) in [6, 6.07) is 11.1. The minimum absolute atomic E-state index is 0.0699. The lowest BCUT2D eigenvalue weighted by Gasteiger charge is -2.09. The van der Waals surface area contributed by atoms with Crippen molar-refractivity contribution >= 4 is 29.2 Å². The molecule has 0 heterocycles. The molecule has 0 spiro atoms. The Hall–Kier alpha value is -2.33. The van der Waals surface area contributed by atoms with Crippen molar-refractivity contribution in [1.29, 1.82) is 0 Å². The van der Waals surface area contributed by atoms with Gasteiger partial charge in [0.2, 0.25) is 0 Å². The van der Waals surface area contributed by atoms with Gasteiger partial charge in [0.1, 0.15) is 0 Å². The van der Waals surface area contributed by atoms with Crippen molar-refractivity contribution in [2.75, 3.05) is 5.32 Å². The van der Waals surface area contributed by atoms with E-state index in [0.717, 1.165) is 5.56 Å². The maximum atomic E-state index is 12.1. The van der Waals surface area contributed by atoms with Crippen LogP contribution in [0.4, 0.5) is 5.69 Å². The van der Waals surface area contributed by atoms with E-state index in [1.54, 1.807) is 31.2 Å². The number of anilines is 1. The number of hydrogen-bond acceptors (Lipinski definition) is 2. The highest BCUT2D eigenvalue weighted by atomic mass is 35.5. The number of carboxylic acid groups (broad SMARTS) is 1. The Bertz CT molecular complexity index is 683. The number of rotatable bonds is 3. The fourth-order valence-corrected chi connectivity index (χ4v) is 1.91. The third-order valence-corrected chi connectivity index (χ3v) is 3.30. The molecule has 1 amide bonds. The largest absolute Gasteiger partial charge is 0.478 e. The van der Waals surface area contributed by atoms with Crippen LogP contribution in [0, 0.1) is 6.92 Å². The summed E-state index contributed by atoms with van der Waals surface area (Å²) in [5.74, 6) is -1.45. The lowest BCUT2D eigenvalue weighted by atomic mass is 10.1. The Balaban J connectivity index is 2.26. The third-order valence-electron chi connectivity index (χ3n) is 2.89. The van der Waals surface area contributed by atoms with Gasteiger partial charge in [-0.2, -0.15) is 0 Å². The number of carboxylic acids is 1. The van der Waals surface area contributed by atoms with E-state index in [1.165, 1.54) is 18.2 Å². The minimum Gasteiger partial charge on any atom is -0.478 e. The van der Waals surface area contributed by atoms with E-state index in [4.69, 9.17) is 16.7 Å². The van der Waals surface area contributed by atoms with Gasteiger partial charge in [0.15, 0.2) is 0 Å². The van der Waals surface area contributed by atoms with Crippen molar-refractivity contribution in [2.24, 2.45) is 0 Å². The van der Waals surface area contributed by atoms with Crippen LogP contribution in [0.1, 0.15) is 26.3 Å². The predicted octanol–water partition coefficient (Wildman–Crippen LogP) is 3.60. The first-order valence-corrected chi connectivity index (χ1v) is 6.26. The number of amides is 1. The Morgan fingerprint density at radius 3 is 2.45 bits per heavy atom. The molecule has 0 atom stereocenters. The van der Waals surface area contributed by atoms with Gasteiger partial charge in [-0.25, -0.2) is 4.79 Å². The van der Waals surface area contributed by atoms with Gasteiger partial charge in [0, 0.05) is 16.3 Å². The van der Waals surface area contributed by atoms with Crippen molar-refractivity contribution in [3.63, 3.8) is 0 Å². The summed E-state index contributed by atoms with van der Waals surface area (Å²) in [5, 5.41) is 12.2. The molecule has 0 radical (unpaired) electrons. The number of halogens is 1. The van der Waals surface area contributed by atoms with Gasteiger partial charge in [0.05, 0.1) is 5.56 Å². The summed E-state index contributed by atoms with van der Waals surface area (Å²) in [5.41, 5.74) is 1.71. The van der Waals surface area contributed by atoms with E-state index in [0.29, 0.717) is 10.7 Å². The van der Waals surface area contributed by atoms with Crippen molar-refractivity contribution in [1.82, 2.24) is 0 Å². The normalized spacial score (nSPS) is 10.1.